The zero-order valence-corrected chi connectivity index (χ0v) is 17.7. The maximum Gasteiger partial charge on any atom is 0.241 e. The highest BCUT2D eigenvalue weighted by atomic mass is 28.4. The Balaban J connectivity index is 1.60. The van der Waals surface area contributed by atoms with Gasteiger partial charge in [0.2, 0.25) is 11.7 Å². The van der Waals surface area contributed by atoms with Crippen molar-refractivity contribution in [1.82, 2.24) is 15.0 Å². The van der Waals surface area contributed by atoms with E-state index in [0.29, 0.717) is 24.3 Å². The first-order valence-electron chi connectivity index (χ1n) is 9.52. The summed E-state index contributed by atoms with van der Waals surface area (Å²) in [5, 5.41) is 4.38. The van der Waals surface area contributed by atoms with Crippen LogP contribution in [0.1, 0.15) is 39.5 Å². The van der Waals surface area contributed by atoms with Crippen LogP contribution in [-0.4, -0.2) is 42.6 Å². The Kier molecular flexibility index (Phi) is 5.65. The summed E-state index contributed by atoms with van der Waals surface area (Å²) in [4.78, 5) is 7.00. The Morgan fingerprint density at radius 2 is 1.96 bits per heavy atom. The average Bonchev–Trinajstić information content (AvgIpc) is 3.23. The van der Waals surface area contributed by atoms with E-state index >= 15 is 0 Å². The third-order valence-corrected chi connectivity index (χ3v) is 10.3. The second kappa shape index (κ2) is 7.62. The Hall–Kier alpha value is -1.50. The Morgan fingerprint density at radius 1 is 1.23 bits per heavy atom. The van der Waals surface area contributed by atoms with Crippen LogP contribution < -0.4 is 0 Å². The summed E-state index contributed by atoms with van der Waals surface area (Å²) in [6.07, 6.45) is 2.37. The monoisotopic (exact) mass is 373 g/mol. The summed E-state index contributed by atoms with van der Waals surface area (Å²) < 4.78 is 11.9. The molecule has 1 atom stereocenters. The summed E-state index contributed by atoms with van der Waals surface area (Å²) >= 11 is 0. The molecular weight excluding hydrogens is 342 g/mol. The van der Waals surface area contributed by atoms with E-state index in [0.717, 1.165) is 18.7 Å². The zero-order chi connectivity index (χ0) is 18.8. The van der Waals surface area contributed by atoms with Crippen molar-refractivity contribution in [2.24, 2.45) is 0 Å². The number of aromatic nitrogens is 2. The molecule has 1 saturated heterocycles. The van der Waals surface area contributed by atoms with E-state index in [1.54, 1.807) is 0 Å². The molecule has 1 aliphatic heterocycles. The molecule has 1 aliphatic rings. The van der Waals surface area contributed by atoms with Crippen molar-refractivity contribution in [2.45, 2.75) is 64.3 Å². The van der Waals surface area contributed by atoms with Gasteiger partial charge in [0.1, 0.15) is 0 Å². The van der Waals surface area contributed by atoms with Gasteiger partial charge in [-0.3, -0.25) is 4.90 Å². The van der Waals surface area contributed by atoms with E-state index in [1.165, 1.54) is 12.8 Å². The van der Waals surface area contributed by atoms with Crippen LogP contribution in [0.2, 0.25) is 18.1 Å². The van der Waals surface area contributed by atoms with Gasteiger partial charge in [0.05, 0.1) is 6.54 Å². The highest BCUT2D eigenvalue weighted by molar-refractivity contribution is 6.74. The molecule has 0 N–H and O–H groups in total. The molecule has 5 nitrogen and oxygen atoms in total. The molecule has 2 aromatic rings. The third kappa shape index (κ3) is 4.42. The smallest absolute Gasteiger partial charge is 0.241 e. The van der Waals surface area contributed by atoms with Gasteiger partial charge in [-0.05, 0) is 37.5 Å². The van der Waals surface area contributed by atoms with E-state index in [9.17, 15) is 0 Å². The van der Waals surface area contributed by atoms with Gasteiger partial charge in [0, 0.05) is 18.2 Å². The van der Waals surface area contributed by atoms with E-state index in [-0.39, 0.29) is 5.04 Å². The van der Waals surface area contributed by atoms with Gasteiger partial charge in [-0.2, -0.15) is 4.98 Å². The van der Waals surface area contributed by atoms with E-state index in [2.05, 4.69) is 48.9 Å². The minimum absolute atomic E-state index is 0.244. The van der Waals surface area contributed by atoms with Crippen LogP contribution in [0, 0.1) is 0 Å². The fraction of sp³-hybridized carbons (Fsp3) is 0.600. The fourth-order valence-corrected chi connectivity index (χ4v) is 4.05. The lowest BCUT2D eigenvalue weighted by molar-refractivity contribution is 0.144. The number of likely N-dealkylation sites (tertiary alicyclic amines) is 1. The Labute approximate surface area is 157 Å². The number of rotatable bonds is 6. The third-order valence-electron chi connectivity index (χ3n) is 5.78. The van der Waals surface area contributed by atoms with E-state index in [1.807, 2.05) is 30.3 Å². The van der Waals surface area contributed by atoms with Crippen LogP contribution in [0.25, 0.3) is 11.4 Å². The molecule has 0 aliphatic carbocycles. The van der Waals surface area contributed by atoms with Crippen LogP contribution in [0.5, 0.6) is 0 Å². The van der Waals surface area contributed by atoms with Gasteiger partial charge in [-0.15, -0.1) is 0 Å². The van der Waals surface area contributed by atoms with Crippen LogP contribution in [-0.2, 0) is 11.0 Å². The molecule has 142 valence electrons. The molecule has 6 heteroatoms. The van der Waals surface area contributed by atoms with Crippen molar-refractivity contribution in [3.8, 4) is 11.4 Å². The molecule has 3 rings (SSSR count). The average molecular weight is 374 g/mol. The molecular formula is C20H31N3O2Si. The first-order chi connectivity index (χ1) is 12.3. The first kappa shape index (κ1) is 19.3. The molecule has 0 unspecified atom stereocenters. The van der Waals surface area contributed by atoms with Gasteiger partial charge < -0.3 is 8.95 Å². The first-order valence-corrected chi connectivity index (χ1v) is 12.4. The van der Waals surface area contributed by atoms with Crippen LogP contribution in [0.4, 0.5) is 0 Å². The molecule has 1 aromatic heterocycles. The van der Waals surface area contributed by atoms with E-state index in [4.69, 9.17) is 8.95 Å². The van der Waals surface area contributed by atoms with Crippen molar-refractivity contribution >= 4 is 8.32 Å². The van der Waals surface area contributed by atoms with Crippen LogP contribution >= 0.6 is 0 Å². The molecule has 0 radical (unpaired) electrons. The highest BCUT2D eigenvalue weighted by Crippen LogP contribution is 2.37. The Morgan fingerprint density at radius 3 is 2.65 bits per heavy atom. The predicted octanol–water partition coefficient (Wildman–Crippen LogP) is 4.72. The van der Waals surface area contributed by atoms with Crippen molar-refractivity contribution in [1.29, 1.82) is 0 Å². The standard InChI is InChI=1S/C20H31N3O2Si/c1-20(2,3)26(4,5)24-15-17-12-9-13-23(17)14-18-21-19(22-25-18)16-10-7-6-8-11-16/h6-8,10-11,17H,9,12-15H2,1-5H3/t17-/m0/s1. The quantitative estimate of drug-likeness (QED) is 0.686. The van der Waals surface area contributed by atoms with Gasteiger partial charge in [-0.1, -0.05) is 56.3 Å². The van der Waals surface area contributed by atoms with Gasteiger partial charge in [-0.25, -0.2) is 0 Å². The summed E-state index contributed by atoms with van der Waals surface area (Å²) in [6.45, 7) is 14.1. The lowest BCUT2D eigenvalue weighted by atomic mass is 10.2. The largest absolute Gasteiger partial charge is 0.415 e. The normalized spacial score (nSPS) is 19.2. The fourth-order valence-electron chi connectivity index (χ4n) is 3.01. The molecule has 26 heavy (non-hydrogen) atoms. The minimum atomic E-state index is -1.71. The number of nitrogens with zero attached hydrogens (tertiary/aromatic N) is 3. The zero-order valence-electron chi connectivity index (χ0n) is 16.7. The molecule has 1 aromatic carbocycles. The second-order valence-electron chi connectivity index (χ2n) is 8.72. The van der Waals surface area contributed by atoms with Crippen LogP contribution in [0.3, 0.4) is 0 Å². The second-order valence-corrected chi connectivity index (χ2v) is 13.5. The minimum Gasteiger partial charge on any atom is -0.415 e. The van der Waals surface area contributed by atoms with Crippen LogP contribution in [0.15, 0.2) is 34.9 Å². The van der Waals surface area contributed by atoms with Gasteiger partial charge in [0.25, 0.3) is 0 Å². The molecule has 0 saturated carbocycles. The topological polar surface area (TPSA) is 51.4 Å². The molecule has 2 heterocycles. The number of hydrogen-bond donors (Lipinski definition) is 0. The maximum atomic E-state index is 6.45. The SMILES string of the molecule is CC(C)(C)[Si](C)(C)OC[C@@H]1CCCN1Cc1nc(-c2ccccc2)no1. The van der Waals surface area contributed by atoms with Crippen molar-refractivity contribution < 1.29 is 8.95 Å². The lowest BCUT2D eigenvalue weighted by Gasteiger charge is -2.37. The summed E-state index contributed by atoms with van der Waals surface area (Å²) in [5.74, 6) is 1.34. The Bertz CT molecular complexity index is 709. The van der Waals surface area contributed by atoms with Crippen molar-refractivity contribution in [3.05, 3.63) is 36.2 Å². The molecule has 0 spiro atoms. The maximum absolute atomic E-state index is 6.45. The molecule has 0 bridgehead atoms. The lowest BCUT2D eigenvalue weighted by Crippen LogP contribution is -2.44. The predicted molar refractivity (Wildman–Crippen MR) is 106 cm³/mol. The van der Waals surface area contributed by atoms with Crippen molar-refractivity contribution in [3.63, 3.8) is 0 Å². The summed E-state index contributed by atoms with van der Waals surface area (Å²) in [5.41, 5.74) is 0.988. The number of hydrogen-bond acceptors (Lipinski definition) is 5. The van der Waals surface area contributed by atoms with E-state index < -0.39 is 8.32 Å². The molecule has 0 amide bonds. The summed E-state index contributed by atoms with van der Waals surface area (Å²) in [6, 6.07) is 10.4. The molecule has 1 fully saturated rings. The van der Waals surface area contributed by atoms with Crippen molar-refractivity contribution in [2.75, 3.05) is 13.2 Å². The number of benzene rings is 1. The van der Waals surface area contributed by atoms with Gasteiger partial charge in [0.15, 0.2) is 8.32 Å². The summed E-state index contributed by atoms with van der Waals surface area (Å²) in [7, 11) is -1.71. The highest BCUT2D eigenvalue weighted by Gasteiger charge is 2.38. The van der Waals surface area contributed by atoms with Gasteiger partial charge >= 0.3 is 0 Å².